The Balaban J connectivity index is 1.60. The Morgan fingerprint density at radius 1 is 1.03 bits per heavy atom. The minimum atomic E-state index is -0.663. The minimum absolute atomic E-state index is 0.0957. The van der Waals surface area contributed by atoms with E-state index in [0.29, 0.717) is 30.0 Å². The second kappa shape index (κ2) is 9.55. The van der Waals surface area contributed by atoms with Gasteiger partial charge in [-0.25, -0.2) is 4.79 Å². The molecule has 3 rings (SSSR count). The second-order valence-corrected chi connectivity index (χ2v) is 7.53. The third-order valence-electron chi connectivity index (χ3n) is 5.03. The Hall–Kier alpha value is -3.48. The smallest absolute Gasteiger partial charge is 0.375 e. The van der Waals surface area contributed by atoms with Crippen LogP contribution in [0.15, 0.2) is 46.9 Å². The lowest BCUT2D eigenvalue weighted by molar-refractivity contribution is -0.133. The number of benzene rings is 2. The van der Waals surface area contributed by atoms with E-state index in [9.17, 15) is 9.59 Å². The molecule has 0 aliphatic heterocycles. The van der Waals surface area contributed by atoms with Gasteiger partial charge in [0, 0.05) is 44.3 Å². The molecule has 0 fully saturated rings. The lowest BCUT2D eigenvalue weighted by atomic mass is 10.1. The first-order valence-electron chi connectivity index (χ1n) is 10.1. The van der Waals surface area contributed by atoms with Crippen molar-refractivity contribution < 1.29 is 23.5 Å². The molecule has 0 aliphatic rings. The van der Waals surface area contributed by atoms with Gasteiger partial charge in [-0.15, -0.1) is 0 Å². The largest absolute Gasteiger partial charge is 0.494 e. The van der Waals surface area contributed by atoms with Crippen LogP contribution in [0, 0.1) is 6.92 Å². The van der Waals surface area contributed by atoms with Gasteiger partial charge in [0.1, 0.15) is 11.3 Å². The molecule has 31 heavy (non-hydrogen) atoms. The molecule has 1 aromatic heterocycles. The fourth-order valence-corrected chi connectivity index (χ4v) is 3.22. The van der Waals surface area contributed by atoms with Crippen molar-refractivity contribution in [3.8, 4) is 5.75 Å². The summed E-state index contributed by atoms with van der Waals surface area (Å²) in [5.74, 6) is -0.159. The maximum absolute atomic E-state index is 12.5. The number of aryl methyl sites for hydroxylation is 1. The Morgan fingerprint density at radius 2 is 1.74 bits per heavy atom. The van der Waals surface area contributed by atoms with Crippen molar-refractivity contribution in [2.75, 3.05) is 39.3 Å². The van der Waals surface area contributed by atoms with Gasteiger partial charge >= 0.3 is 5.97 Å². The predicted molar refractivity (Wildman–Crippen MR) is 120 cm³/mol. The summed E-state index contributed by atoms with van der Waals surface area (Å²) in [6.45, 7) is 4.30. The van der Waals surface area contributed by atoms with Gasteiger partial charge < -0.3 is 23.7 Å². The predicted octanol–water partition coefficient (Wildman–Crippen LogP) is 4.02. The van der Waals surface area contributed by atoms with E-state index in [4.69, 9.17) is 13.9 Å². The number of likely N-dealkylation sites (N-methyl/N-ethyl adjacent to an activating group) is 1. The van der Waals surface area contributed by atoms with Crippen molar-refractivity contribution >= 4 is 28.5 Å². The highest BCUT2D eigenvalue weighted by Gasteiger charge is 2.21. The number of carbonyl (C=O) groups excluding carboxylic acids is 2. The molecule has 0 bridgehead atoms. The number of carbonyl (C=O) groups is 2. The Labute approximate surface area is 182 Å². The zero-order chi connectivity index (χ0) is 22.5. The van der Waals surface area contributed by atoms with Gasteiger partial charge in [0.2, 0.25) is 5.76 Å². The van der Waals surface area contributed by atoms with Gasteiger partial charge in [0.25, 0.3) is 5.91 Å². The molecule has 0 N–H and O–H groups in total. The van der Waals surface area contributed by atoms with Crippen LogP contribution >= 0.6 is 0 Å². The average Bonchev–Trinajstić information content (AvgIpc) is 3.08. The summed E-state index contributed by atoms with van der Waals surface area (Å²) in [6.07, 6.45) is 0. The van der Waals surface area contributed by atoms with Crippen LogP contribution in [0.1, 0.15) is 28.6 Å². The van der Waals surface area contributed by atoms with Crippen LogP contribution in [-0.2, 0) is 16.1 Å². The summed E-state index contributed by atoms with van der Waals surface area (Å²) in [4.78, 5) is 28.5. The van der Waals surface area contributed by atoms with Crippen LogP contribution in [0.25, 0.3) is 11.0 Å². The zero-order valence-corrected chi connectivity index (χ0v) is 18.6. The topological polar surface area (TPSA) is 72.2 Å². The summed E-state index contributed by atoms with van der Waals surface area (Å²) >= 11 is 0. The van der Waals surface area contributed by atoms with Crippen molar-refractivity contribution in [2.45, 2.75) is 20.4 Å². The van der Waals surface area contributed by atoms with Crippen molar-refractivity contribution in [1.82, 2.24) is 4.90 Å². The molecule has 3 aromatic rings. The number of nitrogens with zero attached hydrogens (tertiary/aromatic N) is 2. The monoisotopic (exact) mass is 424 g/mol. The van der Waals surface area contributed by atoms with Crippen LogP contribution in [0.5, 0.6) is 5.75 Å². The first-order valence-corrected chi connectivity index (χ1v) is 10.1. The second-order valence-electron chi connectivity index (χ2n) is 7.53. The molecule has 0 spiro atoms. The number of hydrogen-bond acceptors (Lipinski definition) is 6. The first kappa shape index (κ1) is 22.2. The molecule has 0 saturated carbocycles. The number of rotatable bonds is 8. The van der Waals surface area contributed by atoms with E-state index in [1.807, 2.05) is 56.3 Å². The number of hydrogen-bond donors (Lipinski definition) is 0. The third-order valence-corrected chi connectivity index (χ3v) is 5.03. The number of anilines is 1. The highest BCUT2D eigenvalue weighted by atomic mass is 16.5. The number of esters is 1. The molecule has 0 atom stereocenters. The lowest BCUT2D eigenvalue weighted by Crippen LogP contribution is -2.30. The van der Waals surface area contributed by atoms with E-state index in [0.717, 1.165) is 16.6 Å². The number of fused-ring (bicyclic) bond motifs is 1. The average molecular weight is 424 g/mol. The van der Waals surface area contributed by atoms with Crippen molar-refractivity contribution in [3.63, 3.8) is 0 Å². The van der Waals surface area contributed by atoms with Crippen LogP contribution in [-0.4, -0.2) is 51.1 Å². The number of furan rings is 1. The summed E-state index contributed by atoms with van der Waals surface area (Å²) in [5.41, 5.74) is 3.30. The van der Waals surface area contributed by atoms with Crippen molar-refractivity contribution in [1.29, 1.82) is 0 Å². The fraction of sp³-hybridized carbons (Fsp3) is 0.333. The molecule has 0 radical (unpaired) electrons. The summed E-state index contributed by atoms with van der Waals surface area (Å²) in [5, 5.41) is 0.780. The standard InChI is InChI=1S/C24H28N2O5/c1-6-29-19-11-12-21-20(13-19)16(2)23(31-21)24(28)30-15-22(27)26(5)14-17-7-9-18(10-8-17)25(3)4/h7-13H,6,14-15H2,1-5H3. The maximum Gasteiger partial charge on any atom is 0.375 e. The van der Waals surface area contributed by atoms with Gasteiger partial charge in [0.05, 0.1) is 6.61 Å². The summed E-state index contributed by atoms with van der Waals surface area (Å²) in [6, 6.07) is 13.3. The lowest BCUT2D eigenvalue weighted by Gasteiger charge is -2.18. The van der Waals surface area contributed by atoms with Gasteiger partial charge in [-0.1, -0.05) is 12.1 Å². The zero-order valence-electron chi connectivity index (χ0n) is 18.6. The number of amides is 1. The molecule has 0 unspecified atom stereocenters. The number of ether oxygens (including phenoxy) is 2. The van der Waals surface area contributed by atoms with Crippen LogP contribution in [0.4, 0.5) is 5.69 Å². The summed E-state index contributed by atoms with van der Waals surface area (Å²) < 4.78 is 16.4. The van der Waals surface area contributed by atoms with Gasteiger partial charge in [-0.3, -0.25) is 4.79 Å². The Kier molecular flexibility index (Phi) is 6.84. The van der Waals surface area contributed by atoms with Crippen LogP contribution < -0.4 is 9.64 Å². The van der Waals surface area contributed by atoms with Crippen LogP contribution in [0.3, 0.4) is 0 Å². The summed E-state index contributed by atoms with van der Waals surface area (Å²) in [7, 11) is 5.62. The molecular formula is C24H28N2O5. The van der Waals surface area contributed by atoms with Gasteiger partial charge in [-0.2, -0.15) is 0 Å². The molecule has 0 aliphatic carbocycles. The minimum Gasteiger partial charge on any atom is -0.494 e. The molecule has 2 aromatic carbocycles. The SMILES string of the molecule is CCOc1ccc2oc(C(=O)OCC(=O)N(C)Cc3ccc(N(C)C)cc3)c(C)c2c1. The normalized spacial score (nSPS) is 10.7. The Bertz CT molecular complexity index is 1070. The highest BCUT2D eigenvalue weighted by molar-refractivity contribution is 5.97. The Morgan fingerprint density at radius 3 is 2.39 bits per heavy atom. The van der Waals surface area contributed by atoms with E-state index in [-0.39, 0.29) is 18.3 Å². The fourth-order valence-electron chi connectivity index (χ4n) is 3.22. The van der Waals surface area contributed by atoms with E-state index in [2.05, 4.69) is 0 Å². The highest BCUT2D eigenvalue weighted by Crippen LogP contribution is 2.29. The van der Waals surface area contributed by atoms with Crippen molar-refractivity contribution in [3.05, 3.63) is 59.4 Å². The van der Waals surface area contributed by atoms with E-state index < -0.39 is 5.97 Å². The third kappa shape index (κ3) is 5.17. The first-order chi connectivity index (χ1) is 14.8. The maximum atomic E-state index is 12.5. The molecule has 1 amide bonds. The van der Waals surface area contributed by atoms with Gasteiger partial charge in [-0.05, 0) is 49.7 Å². The quantitative estimate of drug-likeness (QED) is 0.509. The van der Waals surface area contributed by atoms with E-state index in [1.165, 1.54) is 4.90 Å². The molecule has 0 saturated heterocycles. The molecule has 7 heteroatoms. The van der Waals surface area contributed by atoms with Crippen LogP contribution in [0.2, 0.25) is 0 Å². The van der Waals surface area contributed by atoms with Gasteiger partial charge in [0.15, 0.2) is 6.61 Å². The molecule has 164 valence electrons. The molecule has 1 heterocycles. The van der Waals surface area contributed by atoms with E-state index >= 15 is 0 Å². The van der Waals surface area contributed by atoms with E-state index in [1.54, 1.807) is 26.1 Å². The molecular weight excluding hydrogens is 396 g/mol. The van der Waals surface area contributed by atoms with Crippen molar-refractivity contribution in [2.24, 2.45) is 0 Å². The molecule has 7 nitrogen and oxygen atoms in total.